The van der Waals surface area contributed by atoms with Gasteiger partial charge in [0, 0.05) is 38.2 Å². The van der Waals surface area contributed by atoms with Gasteiger partial charge in [-0.15, -0.1) is 0 Å². The molecule has 1 fully saturated rings. The van der Waals surface area contributed by atoms with Gasteiger partial charge < -0.3 is 16.0 Å². The molecule has 7 nitrogen and oxygen atoms in total. The first-order valence-corrected chi connectivity index (χ1v) is 8.42. The third-order valence-corrected chi connectivity index (χ3v) is 4.48. The zero-order chi connectivity index (χ0) is 17.8. The van der Waals surface area contributed by atoms with Gasteiger partial charge in [0.05, 0.1) is 0 Å². The first-order chi connectivity index (χ1) is 12.1. The van der Waals surface area contributed by atoms with Crippen molar-refractivity contribution in [3.05, 3.63) is 47.0 Å². The molecular formula is C18H22N4O3. The Balaban J connectivity index is 1.66. The monoisotopic (exact) mass is 342 g/mol. The zero-order valence-corrected chi connectivity index (χ0v) is 14.0. The van der Waals surface area contributed by atoms with E-state index < -0.39 is 6.04 Å². The topological polar surface area (TPSA) is 105 Å². The van der Waals surface area contributed by atoms with Crippen LogP contribution in [-0.4, -0.2) is 41.8 Å². The number of nitrogens with zero attached hydrogens (tertiary/aromatic N) is 1. The Kier molecular flexibility index (Phi) is 5.25. The van der Waals surface area contributed by atoms with E-state index in [-0.39, 0.29) is 24.1 Å². The molecule has 1 atom stereocenters. The fourth-order valence-electron chi connectivity index (χ4n) is 3.22. The van der Waals surface area contributed by atoms with Crippen molar-refractivity contribution in [1.82, 2.24) is 15.5 Å². The molecule has 1 aromatic rings. The molecule has 1 unspecified atom stereocenters. The van der Waals surface area contributed by atoms with Gasteiger partial charge in [-0.25, -0.2) is 0 Å². The van der Waals surface area contributed by atoms with E-state index in [4.69, 9.17) is 5.73 Å². The lowest BCUT2D eigenvalue weighted by Crippen LogP contribution is -2.52. The van der Waals surface area contributed by atoms with E-state index in [1.807, 2.05) is 30.4 Å². The molecule has 3 rings (SSSR count). The average molecular weight is 342 g/mol. The molecule has 1 aromatic carbocycles. The molecule has 25 heavy (non-hydrogen) atoms. The number of nitrogens with two attached hydrogens (primary N) is 1. The average Bonchev–Trinajstić information content (AvgIpc) is 2.91. The van der Waals surface area contributed by atoms with Gasteiger partial charge in [-0.1, -0.05) is 24.3 Å². The lowest BCUT2D eigenvalue weighted by atomic mass is 10.0. The van der Waals surface area contributed by atoms with E-state index in [0.29, 0.717) is 31.6 Å². The molecule has 2 aliphatic heterocycles. The van der Waals surface area contributed by atoms with Gasteiger partial charge in [0.25, 0.3) is 5.91 Å². The molecule has 0 spiro atoms. The van der Waals surface area contributed by atoms with Crippen LogP contribution in [0.3, 0.4) is 0 Å². The van der Waals surface area contributed by atoms with E-state index in [1.54, 1.807) is 4.90 Å². The Morgan fingerprint density at radius 2 is 2.12 bits per heavy atom. The second-order valence-corrected chi connectivity index (χ2v) is 6.23. The van der Waals surface area contributed by atoms with Crippen molar-refractivity contribution >= 4 is 17.7 Å². The fraction of sp³-hybridized carbons (Fsp3) is 0.389. The maximum atomic E-state index is 12.6. The van der Waals surface area contributed by atoms with Crippen molar-refractivity contribution in [2.75, 3.05) is 13.1 Å². The minimum absolute atomic E-state index is 0.144. The van der Waals surface area contributed by atoms with Crippen LogP contribution in [0.5, 0.6) is 0 Å². The van der Waals surface area contributed by atoms with Gasteiger partial charge in [0.2, 0.25) is 11.8 Å². The number of amides is 3. The van der Waals surface area contributed by atoms with Crippen molar-refractivity contribution in [3.63, 3.8) is 0 Å². The van der Waals surface area contributed by atoms with Crippen LogP contribution in [0.15, 0.2) is 30.4 Å². The first-order valence-electron chi connectivity index (χ1n) is 8.42. The number of carbonyl (C=O) groups excluding carboxylic acids is 3. The number of rotatable bonds is 6. The summed E-state index contributed by atoms with van der Waals surface area (Å²) in [4.78, 5) is 37.5. The summed E-state index contributed by atoms with van der Waals surface area (Å²) in [5.74, 6) is -0.802. The number of fused-ring (bicyclic) bond motifs is 1. The smallest absolute Gasteiger partial charge is 0.255 e. The Bertz CT molecular complexity index is 729. The van der Waals surface area contributed by atoms with E-state index in [0.717, 1.165) is 17.7 Å². The Labute approximate surface area is 146 Å². The van der Waals surface area contributed by atoms with Gasteiger partial charge in [-0.3, -0.25) is 19.7 Å². The van der Waals surface area contributed by atoms with Crippen molar-refractivity contribution in [2.45, 2.75) is 32.0 Å². The molecule has 0 radical (unpaired) electrons. The number of hydrogen-bond acceptors (Lipinski definition) is 5. The maximum absolute atomic E-state index is 12.6. The number of hydrogen-bond donors (Lipinski definition) is 3. The van der Waals surface area contributed by atoms with Crippen LogP contribution in [-0.2, 0) is 22.7 Å². The van der Waals surface area contributed by atoms with Gasteiger partial charge in [-0.05, 0) is 23.6 Å². The highest BCUT2D eigenvalue weighted by Gasteiger charge is 2.38. The highest BCUT2D eigenvalue weighted by molar-refractivity contribution is 6.05. The molecule has 3 amide bonds. The molecule has 2 aliphatic rings. The highest BCUT2D eigenvalue weighted by atomic mass is 16.2. The molecule has 0 saturated carbocycles. The summed E-state index contributed by atoms with van der Waals surface area (Å²) in [7, 11) is 0. The van der Waals surface area contributed by atoms with Crippen molar-refractivity contribution in [1.29, 1.82) is 0 Å². The highest BCUT2D eigenvalue weighted by Crippen LogP contribution is 2.28. The Hall–Kier alpha value is -2.51. The lowest BCUT2D eigenvalue weighted by Gasteiger charge is -2.29. The molecule has 2 heterocycles. The Morgan fingerprint density at radius 3 is 2.88 bits per heavy atom. The molecule has 0 aliphatic carbocycles. The van der Waals surface area contributed by atoms with Crippen LogP contribution in [0.4, 0.5) is 0 Å². The quantitative estimate of drug-likeness (QED) is 0.385. The van der Waals surface area contributed by atoms with Crippen molar-refractivity contribution in [3.8, 4) is 0 Å². The molecule has 1 saturated heterocycles. The molecule has 0 aromatic heterocycles. The third kappa shape index (κ3) is 3.78. The Morgan fingerprint density at radius 1 is 1.28 bits per heavy atom. The maximum Gasteiger partial charge on any atom is 0.255 e. The lowest BCUT2D eigenvalue weighted by molar-refractivity contribution is -0.136. The summed E-state index contributed by atoms with van der Waals surface area (Å²) in [6, 6.07) is 5.17. The van der Waals surface area contributed by atoms with Crippen LogP contribution >= 0.6 is 0 Å². The molecule has 7 heteroatoms. The predicted molar refractivity (Wildman–Crippen MR) is 92.4 cm³/mol. The number of imide groups is 1. The van der Waals surface area contributed by atoms with Gasteiger partial charge >= 0.3 is 0 Å². The van der Waals surface area contributed by atoms with E-state index in [1.165, 1.54) is 0 Å². The summed E-state index contributed by atoms with van der Waals surface area (Å²) < 4.78 is 0. The van der Waals surface area contributed by atoms with E-state index in [2.05, 4.69) is 10.6 Å². The molecule has 0 bridgehead atoms. The van der Waals surface area contributed by atoms with E-state index >= 15 is 0 Å². The van der Waals surface area contributed by atoms with Crippen LogP contribution in [0.25, 0.3) is 0 Å². The number of carbonyl (C=O) groups is 3. The predicted octanol–water partition coefficient (Wildman–Crippen LogP) is 0.0521. The summed E-state index contributed by atoms with van der Waals surface area (Å²) >= 11 is 0. The summed E-state index contributed by atoms with van der Waals surface area (Å²) in [6.45, 7) is 2.35. The van der Waals surface area contributed by atoms with Crippen LogP contribution in [0.1, 0.15) is 34.3 Å². The van der Waals surface area contributed by atoms with Crippen LogP contribution in [0.2, 0.25) is 0 Å². The van der Waals surface area contributed by atoms with Crippen molar-refractivity contribution < 1.29 is 14.4 Å². The minimum atomic E-state index is -0.569. The second-order valence-electron chi connectivity index (χ2n) is 6.23. The zero-order valence-electron chi connectivity index (χ0n) is 14.0. The SMILES string of the molecule is NC/C=C/CNCc1ccc2c(c1)CN(C1CCC(=O)NC1=O)C2=O. The number of piperidine rings is 1. The normalized spacial score (nSPS) is 20.3. The third-order valence-electron chi connectivity index (χ3n) is 4.48. The standard InChI is InChI=1S/C18H22N4O3/c19-7-1-2-8-20-10-12-3-4-14-13(9-12)11-22(18(14)25)15-5-6-16(23)21-17(15)24/h1-4,9,15,20H,5-8,10-11,19H2,(H,21,23,24)/b2-1+. The summed E-state index contributed by atoms with van der Waals surface area (Å²) in [6.07, 6.45) is 4.52. The first kappa shape index (κ1) is 17.3. The largest absolute Gasteiger partial charge is 0.327 e. The van der Waals surface area contributed by atoms with Crippen molar-refractivity contribution in [2.24, 2.45) is 5.73 Å². The molecule has 4 N–H and O–H groups in total. The summed E-state index contributed by atoms with van der Waals surface area (Å²) in [5, 5.41) is 5.60. The number of nitrogens with one attached hydrogen (secondary N) is 2. The molecule has 132 valence electrons. The molecular weight excluding hydrogens is 320 g/mol. The minimum Gasteiger partial charge on any atom is -0.327 e. The summed E-state index contributed by atoms with van der Waals surface area (Å²) in [5.41, 5.74) is 8.03. The van der Waals surface area contributed by atoms with Gasteiger partial charge in [0.15, 0.2) is 0 Å². The van der Waals surface area contributed by atoms with Gasteiger partial charge in [0.1, 0.15) is 6.04 Å². The van der Waals surface area contributed by atoms with E-state index in [9.17, 15) is 14.4 Å². The van der Waals surface area contributed by atoms with Crippen LogP contribution in [0, 0.1) is 0 Å². The second kappa shape index (κ2) is 7.58. The van der Waals surface area contributed by atoms with Crippen LogP contribution < -0.4 is 16.4 Å². The number of benzene rings is 1. The van der Waals surface area contributed by atoms with Gasteiger partial charge in [-0.2, -0.15) is 0 Å². The fourth-order valence-corrected chi connectivity index (χ4v) is 3.22.